The Bertz CT molecular complexity index is 248. The van der Waals surface area contributed by atoms with Crippen LogP contribution in [0, 0.1) is 5.92 Å². The third kappa shape index (κ3) is 3.21. The Morgan fingerprint density at radius 2 is 2.00 bits per heavy atom. The van der Waals surface area contributed by atoms with Crippen molar-refractivity contribution in [2.24, 2.45) is 5.92 Å². The van der Waals surface area contributed by atoms with Crippen LogP contribution in [0.25, 0.3) is 0 Å². The van der Waals surface area contributed by atoms with Gasteiger partial charge in [-0.25, -0.2) is 0 Å². The molecule has 1 heterocycles. The van der Waals surface area contributed by atoms with Crippen molar-refractivity contribution in [2.45, 2.75) is 46.5 Å². The summed E-state index contributed by atoms with van der Waals surface area (Å²) in [5, 5.41) is 7.36. The van der Waals surface area contributed by atoms with Crippen LogP contribution >= 0.6 is 0 Å². The predicted octanol–water partition coefficient (Wildman–Crippen LogP) is 3.12. The monoisotopic (exact) mass is 180 g/mol. The number of aryl methyl sites for hydroxylation is 1. The summed E-state index contributed by atoms with van der Waals surface area (Å²) < 4.78 is 0. The standard InChI is InChI=1S/C11H20N2/c1-8(2)5-6-10-7-11(9(3)4)13-12-10/h7-9H,5-6H2,1-4H3,(H,12,13). The molecule has 0 bridgehead atoms. The van der Waals surface area contributed by atoms with Crippen molar-refractivity contribution in [1.82, 2.24) is 10.2 Å². The van der Waals surface area contributed by atoms with Gasteiger partial charge in [-0.15, -0.1) is 0 Å². The summed E-state index contributed by atoms with van der Waals surface area (Å²) in [5.74, 6) is 1.30. The van der Waals surface area contributed by atoms with Crippen molar-refractivity contribution in [1.29, 1.82) is 0 Å². The average molecular weight is 180 g/mol. The van der Waals surface area contributed by atoms with E-state index in [1.807, 2.05) is 0 Å². The number of aromatic amines is 1. The zero-order chi connectivity index (χ0) is 9.84. The van der Waals surface area contributed by atoms with Crippen LogP contribution in [0.5, 0.6) is 0 Å². The van der Waals surface area contributed by atoms with E-state index >= 15 is 0 Å². The molecule has 1 N–H and O–H groups in total. The Balaban J connectivity index is 2.49. The minimum absolute atomic E-state index is 0.532. The van der Waals surface area contributed by atoms with Gasteiger partial charge in [0.2, 0.25) is 0 Å². The van der Waals surface area contributed by atoms with Gasteiger partial charge in [0, 0.05) is 5.69 Å². The summed E-state index contributed by atoms with van der Waals surface area (Å²) in [6.07, 6.45) is 2.36. The van der Waals surface area contributed by atoms with Crippen molar-refractivity contribution >= 4 is 0 Å². The van der Waals surface area contributed by atoms with Crippen LogP contribution in [-0.2, 0) is 6.42 Å². The van der Waals surface area contributed by atoms with E-state index in [2.05, 4.69) is 44.0 Å². The molecule has 1 aromatic heterocycles. The number of nitrogens with zero attached hydrogens (tertiary/aromatic N) is 1. The molecular formula is C11H20N2. The van der Waals surface area contributed by atoms with Crippen LogP contribution in [-0.4, -0.2) is 10.2 Å². The second kappa shape index (κ2) is 4.45. The number of aromatic nitrogens is 2. The van der Waals surface area contributed by atoms with Gasteiger partial charge in [-0.3, -0.25) is 5.10 Å². The molecule has 2 heteroatoms. The highest BCUT2D eigenvalue weighted by atomic mass is 15.1. The highest BCUT2D eigenvalue weighted by Crippen LogP contribution is 2.14. The molecule has 0 saturated carbocycles. The second-order valence-corrected chi connectivity index (χ2v) is 4.41. The summed E-state index contributed by atoms with van der Waals surface area (Å²) in [6.45, 7) is 8.84. The van der Waals surface area contributed by atoms with Gasteiger partial charge in [0.15, 0.2) is 0 Å². The molecule has 0 spiro atoms. The molecule has 2 nitrogen and oxygen atoms in total. The van der Waals surface area contributed by atoms with Crippen molar-refractivity contribution in [3.63, 3.8) is 0 Å². The number of H-pyrrole nitrogens is 1. The molecule has 0 aliphatic carbocycles. The Morgan fingerprint density at radius 1 is 1.31 bits per heavy atom. The highest BCUT2D eigenvalue weighted by Gasteiger charge is 2.05. The molecule has 0 saturated heterocycles. The molecule has 0 amide bonds. The Hall–Kier alpha value is -0.790. The highest BCUT2D eigenvalue weighted by molar-refractivity contribution is 5.11. The smallest absolute Gasteiger partial charge is 0.0650 e. The summed E-state index contributed by atoms with van der Waals surface area (Å²) in [4.78, 5) is 0. The Labute approximate surface area is 80.7 Å². The fourth-order valence-electron chi connectivity index (χ4n) is 1.25. The molecule has 13 heavy (non-hydrogen) atoms. The fraction of sp³-hybridized carbons (Fsp3) is 0.727. The van der Waals surface area contributed by atoms with Gasteiger partial charge in [0.1, 0.15) is 0 Å². The molecule has 0 unspecified atom stereocenters. The van der Waals surface area contributed by atoms with Gasteiger partial charge in [0.05, 0.1) is 5.69 Å². The van der Waals surface area contributed by atoms with Crippen molar-refractivity contribution in [2.75, 3.05) is 0 Å². The predicted molar refractivity (Wildman–Crippen MR) is 55.8 cm³/mol. The summed E-state index contributed by atoms with van der Waals surface area (Å²) in [5.41, 5.74) is 2.45. The minimum atomic E-state index is 0.532. The first-order chi connectivity index (χ1) is 6.09. The average Bonchev–Trinajstić information content (AvgIpc) is 2.48. The largest absolute Gasteiger partial charge is 0.282 e. The topological polar surface area (TPSA) is 28.7 Å². The number of hydrogen-bond donors (Lipinski definition) is 1. The van der Waals surface area contributed by atoms with E-state index in [0.717, 1.165) is 12.3 Å². The van der Waals surface area contributed by atoms with Crippen LogP contribution in [0.1, 0.15) is 51.4 Å². The van der Waals surface area contributed by atoms with Gasteiger partial charge in [-0.05, 0) is 30.7 Å². The number of hydrogen-bond acceptors (Lipinski definition) is 1. The molecule has 0 aliphatic heterocycles. The van der Waals surface area contributed by atoms with E-state index in [9.17, 15) is 0 Å². The molecule has 0 aliphatic rings. The van der Waals surface area contributed by atoms with Crippen LogP contribution in [0.3, 0.4) is 0 Å². The molecule has 0 radical (unpaired) electrons. The van der Waals surface area contributed by atoms with E-state index in [4.69, 9.17) is 0 Å². The third-order valence-corrected chi connectivity index (χ3v) is 2.23. The van der Waals surface area contributed by atoms with Crippen LogP contribution < -0.4 is 0 Å². The molecular weight excluding hydrogens is 160 g/mol. The fourth-order valence-corrected chi connectivity index (χ4v) is 1.25. The van der Waals surface area contributed by atoms with E-state index in [-0.39, 0.29) is 0 Å². The molecule has 0 atom stereocenters. The number of rotatable bonds is 4. The van der Waals surface area contributed by atoms with E-state index < -0.39 is 0 Å². The Kier molecular flexibility index (Phi) is 3.52. The molecule has 0 fully saturated rings. The maximum absolute atomic E-state index is 4.27. The summed E-state index contributed by atoms with van der Waals surface area (Å²) in [6, 6.07) is 2.19. The lowest BCUT2D eigenvalue weighted by molar-refractivity contribution is 0.581. The lowest BCUT2D eigenvalue weighted by Gasteiger charge is -2.00. The van der Waals surface area contributed by atoms with Gasteiger partial charge in [-0.2, -0.15) is 5.10 Å². The van der Waals surface area contributed by atoms with Gasteiger partial charge < -0.3 is 0 Å². The van der Waals surface area contributed by atoms with E-state index in [1.54, 1.807) is 0 Å². The SMILES string of the molecule is CC(C)CCc1cc(C(C)C)n[nH]1. The molecule has 1 rings (SSSR count). The quantitative estimate of drug-likeness (QED) is 0.757. The summed E-state index contributed by atoms with van der Waals surface area (Å²) >= 11 is 0. The first-order valence-electron chi connectivity index (χ1n) is 5.13. The van der Waals surface area contributed by atoms with Gasteiger partial charge in [-0.1, -0.05) is 27.7 Å². The van der Waals surface area contributed by atoms with Crippen molar-refractivity contribution in [3.8, 4) is 0 Å². The lowest BCUT2D eigenvalue weighted by Crippen LogP contribution is -1.91. The third-order valence-electron chi connectivity index (χ3n) is 2.23. The van der Waals surface area contributed by atoms with Crippen LogP contribution in [0.4, 0.5) is 0 Å². The zero-order valence-electron chi connectivity index (χ0n) is 9.09. The Morgan fingerprint density at radius 3 is 2.46 bits per heavy atom. The van der Waals surface area contributed by atoms with Crippen molar-refractivity contribution < 1.29 is 0 Å². The van der Waals surface area contributed by atoms with Gasteiger partial charge >= 0.3 is 0 Å². The molecule has 74 valence electrons. The summed E-state index contributed by atoms with van der Waals surface area (Å²) in [7, 11) is 0. The van der Waals surface area contributed by atoms with Gasteiger partial charge in [0.25, 0.3) is 0 Å². The maximum Gasteiger partial charge on any atom is 0.0650 e. The normalized spacial score (nSPS) is 11.5. The first kappa shape index (κ1) is 10.3. The lowest BCUT2D eigenvalue weighted by atomic mass is 10.1. The minimum Gasteiger partial charge on any atom is -0.282 e. The first-order valence-corrected chi connectivity index (χ1v) is 5.13. The van der Waals surface area contributed by atoms with E-state index in [0.29, 0.717) is 5.92 Å². The zero-order valence-corrected chi connectivity index (χ0v) is 9.09. The van der Waals surface area contributed by atoms with Crippen LogP contribution in [0.15, 0.2) is 6.07 Å². The van der Waals surface area contributed by atoms with Crippen LogP contribution in [0.2, 0.25) is 0 Å². The second-order valence-electron chi connectivity index (χ2n) is 4.41. The molecule has 0 aromatic carbocycles. The van der Waals surface area contributed by atoms with E-state index in [1.165, 1.54) is 17.8 Å². The van der Waals surface area contributed by atoms with Crippen molar-refractivity contribution in [3.05, 3.63) is 17.5 Å². The molecule has 1 aromatic rings. The number of nitrogens with one attached hydrogen (secondary N) is 1. The maximum atomic E-state index is 4.27.